The highest BCUT2D eigenvalue weighted by Crippen LogP contribution is 2.19. The second-order valence-electron chi connectivity index (χ2n) is 4.73. The number of ketones is 1. The van der Waals surface area contributed by atoms with Crippen LogP contribution in [0.25, 0.3) is 0 Å². The van der Waals surface area contributed by atoms with Crippen molar-refractivity contribution in [2.24, 2.45) is 0 Å². The number of Topliss-reactive ketones (excluding diaryl/α,β-unsaturated/α-hetero) is 1. The summed E-state index contributed by atoms with van der Waals surface area (Å²) in [4.78, 5) is 12.2. The largest absolute Gasteiger partial charge is 0.380 e. The Balaban J connectivity index is 2.20. The third-order valence-corrected chi connectivity index (χ3v) is 3.29. The van der Waals surface area contributed by atoms with Crippen molar-refractivity contribution >= 4 is 5.78 Å². The predicted molar refractivity (Wildman–Crippen MR) is 76.3 cm³/mol. The van der Waals surface area contributed by atoms with Crippen LogP contribution in [0.3, 0.4) is 0 Å². The molecule has 2 rings (SSSR count). The number of benzene rings is 2. The second kappa shape index (κ2) is 5.81. The number of aliphatic hydroxyl groups excluding tert-OH is 1. The van der Waals surface area contributed by atoms with Crippen LogP contribution in [0.5, 0.6) is 0 Å². The molecule has 2 nitrogen and oxygen atoms in total. The smallest absolute Gasteiger partial charge is 0.195 e. The fourth-order valence-corrected chi connectivity index (χ4v) is 1.96. The summed E-state index contributed by atoms with van der Waals surface area (Å²) in [5.41, 5.74) is 3.47. The van der Waals surface area contributed by atoms with Crippen molar-refractivity contribution in [1.29, 1.82) is 0 Å². The minimum absolute atomic E-state index is 0.260. The van der Waals surface area contributed by atoms with Crippen LogP contribution in [0.4, 0.5) is 0 Å². The van der Waals surface area contributed by atoms with Gasteiger partial charge in [-0.25, -0.2) is 0 Å². The van der Waals surface area contributed by atoms with E-state index in [0.717, 1.165) is 12.0 Å². The Labute approximate surface area is 113 Å². The monoisotopic (exact) mass is 254 g/mol. The average molecular weight is 254 g/mol. The van der Waals surface area contributed by atoms with Crippen LogP contribution in [0, 0.1) is 6.92 Å². The first-order valence-electron chi connectivity index (χ1n) is 6.49. The van der Waals surface area contributed by atoms with E-state index in [1.54, 1.807) is 12.1 Å². The van der Waals surface area contributed by atoms with E-state index in [2.05, 4.69) is 6.92 Å². The van der Waals surface area contributed by atoms with Gasteiger partial charge < -0.3 is 5.11 Å². The van der Waals surface area contributed by atoms with E-state index in [0.29, 0.717) is 11.1 Å². The van der Waals surface area contributed by atoms with Gasteiger partial charge in [0.15, 0.2) is 5.78 Å². The number of aryl methyl sites for hydroxylation is 2. The molecule has 0 amide bonds. The zero-order valence-electron chi connectivity index (χ0n) is 11.3. The molecule has 0 heterocycles. The third-order valence-electron chi connectivity index (χ3n) is 3.29. The molecule has 0 aromatic heterocycles. The molecule has 0 bridgehead atoms. The molecule has 2 aromatic carbocycles. The highest BCUT2D eigenvalue weighted by atomic mass is 16.3. The SMILES string of the molecule is CCc1ccc(C(O)C(=O)c2ccc(C)cc2)cc1. The highest BCUT2D eigenvalue weighted by molar-refractivity contribution is 5.99. The Morgan fingerprint density at radius 1 is 1.05 bits per heavy atom. The first kappa shape index (κ1) is 13.5. The van der Waals surface area contributed by atoms with E-state index >= 15 is 0 Å². The summed E-state index contributed by atoms with van der Waals surface area (Å²) in [5, 5.41) is 10.1. The van der Waals surface area contributed by atoms with Gasteiger partial charge in [0, 0.05) is 5.56 Å². The van der Waals surface area contributed by atoms with Gasteiger partial charge in [-0.2, -0.15) is 0 Å². The first-order valence-corrected chi connectivity index (χ1v) is 6.49. The Morgan fingerprint density at radius 2 is 1.63 bits per heavy atom. The number of hydrogen-bond donors (Lipinski definition) is 1. The minimum Gasteiger partial charge on any atom is -0.380 e. The summed E-state index contributed by atoms with van der Waals surface area (Å²) in [5.74, 6) is -0.260. The lowest BCUT2D eigenvalue weighted by Crippen LogP contribution is -2.12. The van der Waals surface area contributed by atoms with Crippen molar-refractivity contribution in [2.75, 3.05) is 0 Å². The quantitative estimate of drug-likeness (QED) is 0.848. The summed E-state index contributed by atoms with van der Waals surface area (Å²) in [6.07, 6.45) is -0.143. The molecule has 1 N–H and O–H groups in total. The molecule has 19 heavy (non-hydrogen) atoms. The maximum Gasteiger partial charge on any atom is 0.195 e. The first-order chi connectivity index (χ1) is 9.11. The van der Waals surface area contributed by atoms with Crippen molar-refractivity contribution in [2.45, 2.75) is 26.4 Å². The maximum absolute atomic E-state index is 12.2. The lowest BCUT2D eigenvalue weighted by Gasteiger charge is -2.11. The van der Waals surface area contributed by atoms with Crippen LogP contribution in [-0.4, -0.2) is 10.9 Å². The molecule has 98 valence electrons. The molecule has 2 heteroatoms. The lowest BCUT2D eigenvalue weighted by atomic mass is 9.98. The van der Waals surface area contributed by atoms with E-state index in [4.69, 9.17) is 0 Å². The highest BCUT2D eigenvalue weighted by Gasteiger charge is 2.18. The Morgan fingerprint density at radius 3 is 2.16 bits per heavy atom. The predicted octanol–water partition coefficient (Wildman–Crippen LogP) is 3.47. The van der Waals surface area contributed by atoms with E-state index < -0.39 is 6.10 Å². The Kier molecular flexibility index (Phi) is 4.13. The van der Waals surface area contributed by atoms with Gasteiger partial charge in [0.05, 0.1) is 0 Å². The van der Waals surface area contributed by atoms with Crippen molar-refractivity contribution < 1.29 is 9.90 Å². The van der Waals surface area contributed by atoms with Crippen LogP contribution in [-0.2, 0) is 6.42 Å². The van der Waals surface area contributed by atoms with Gasteiger partial charge in [0.2, 0.25) is 0 Å². The number of aliphatic hydroxyl groups is 1. The zero-order valence-corrected chi connectivity index (χ0v) is 11.3. The molecule has 0 aliphatic carbocycles. The molecule has 0 saturated heterocycles. The average Bonchev–Trinajstić information content (AvgIpc) is 2.46. The molecule has 1 unspecified atom stereocenters. The number of hydrogen-bond acceptors (Lipinski definition) is 2. The van der Waals surface area contributed by atoms with Gasteiger partial charge in [-0.1, -0.05) is 61.0 Å². The third kappa shape index (κ3) is 3.09. The molecule has 1 atom stereocenters. The van der Waals surface area contributed by atoms with Crippen LogP contribution in [0.1, 0.15) is 40.1 Å². The standard InChI is InChI=1S/C17H18O2/c1-3-13-6-10-15(11-7-13)17(19)16(18)14-8-4-12(2)5-9-14/h4-11,17,19H,3H2,1-2H3. The Hall–Kier alpha value is -1.93. The molecular formula is C17H18O2. The maximum atomic E-state index is 12.2. The van der Waals surface area contributed by atoms with Crippen LogP contribution < -0.4 is 0 Å². The molecule has 0 spiro atoms. The van der Waals surface area contributed by atoms with Crippen molar-refractivity contribution in [3.8, 4) is 0 Å². The molecule has 0 aliphatic heterocycles. The van der Waals surface area contributed by atoms with E-state index in [9.17, 15) is 9.90 Å². The number of carbonyl (C=O) groups is 1. The van der Waals surface area contributed by atoms with Gasteiger partial charge in [-0.3, -0.25) is 4.79 Å². The summed E-state index contributed by atoms with van der Waals surface area (Å²) >= 11 is 0. The second-order valence-corrected chi connectivity index (χ2v) is 4.73. The fraction of sp³-hybridized carbons (Fsp3) is 0.235. The van der Waals surface area contributed by atoms with Crippen LogP contribution in [0.15, 0.2) is 48.5 Å². The zero-order chi connectivity index (χ0) is 13.8. The summed E-state index contributed by atoms with van der Waals surface area (Å²) < 4.78 is 0. The Bertz CT molecular complexity index is 553. The number of carbonyl (C=O) groups excluding carboxylic acids is 1. The van der Waals surface area contributed by atoms with Gasteiger partial charge in [0.1, 0.15) is 6.10 Å². The van der Waals surface area contributed by atoms with Crippen molar-refractivity contribution in [1.82, 2.24) is 0 Å². The molecule has 0 radical (unpaired) electrons. The van der Waals surface area contributed by atoms with Gasteiger partial charge >= 0.3 is 0 Å². The van der Waals surface area contributed by atoms with Crippen LogP contribution in [0.2, 0.25) is 0 Å². The summed E-state index contributed by atoms with van der Waals surface area (Å²) in [6.45, 7) is 4.04. The molecule has 0 aliphatic rings. The van der Waals surface area contributed by atoms with Gasteiger partial charge in [-0.15, -0.1) is 0 Å². The van der Waals surface area contributed by atoms with Crippen molar-refractivity contribution in [3.63, 3.8) is 0 Å². The summed E-state index contributed by atoms with van der Waals surface area (Å²) in [7, 11) is 0. The molecule has 2 aromatic rings. The van der Waals surface area contributed by atoms with Gasteiger partial charge in [-0.05, 0) is 24.5 Å². The normalized spacial score (nSPS) is 12.2. The molecule has 0 saturated carbocycles. The van der Waals surface area contributed by atoms with E-state index in [1.165, 1.54) is 5.56 Å². The van der Waals surface area contributed by atoms with E-state index in [1.807, 2.05) is 43.3 Å². The molecular weight excluding hydrogens is 236 g/mol. The minimum atomic E-state index is -1.09. The van der Waals surface area contributed by atoms with Crippen LogP contribution >= 0.6 is 0 Å². The fourth-order valence-electron chi connectivity index (χ4n) is 1.96. The lowest BCUT2D eigenvalue weighted by molar-refractivity contribution is 0.0747. The van der Waals surface area contributed by atoms with Crippen molar-refractivity contribution in [3.05, 3.63) is 70.8 Å². The van der Waals surface area contributed by atoms with Gasteiger partial charge in [0.25, 0.3) is 0 Å². The summed E-state index contributed by atoms with van der Waals surface area (Å²) in [6, 6.07) is 14.8. The number of rotatable bonds is 4. The van der Waals surface area contributed by atoms with E-state index in [-0.39, 0.29) is 5.78 Å². The topological polar surface area (TPSA) is 37.3 Å². The molecule has 0 fully saturated rings.